The van der Waals surface area contributed by atoms with Crippen LogP contribution in [0.25, 0.3) is 6.08 Å². The van der Waals surface area contributed by atoms with Gasteiger partial charge in [-0.25, -0.2) is 4.79 Å². The van der Waals surface area contributed by atoms with Gasteiger partial charge >= 0.3 is 5.97 Å². The number of rotatable bonds is 7. The minimum Gasteiger partial charge on any atom is -0.493 e. The van der Waals surface area contributed by atoms with Gasteiger partial charge in [0.25, 0.3) is 11.1 Å². The Morgan fingerprint density at radius 2 is 1.89 bits per heavy atom. The largest absolute Gasteiger partial charge is 0.493 e. The Morgan fingerprint density at radius 1 is 1.14 bits per heavy atom. The molecule has 2 aliphatic rings. The van der Waals surface area contributed by atoms with Crippen molar-refractivity contribution in [3.63, 3.8) is 0 Å². The third kappa shape index (κ3) is 5.67. The van der Waals surface area contributed by atoms with Gasteiger partial charge in [-0.1, -0.05) is 24.3 Å². The number of ether oxygens (including phenoxy) is 3. The van der Waals surface area contributed by atoms with Crippen LogP contribution in [0, 0.1) is 3.57 Å². The van der Waals surface area contributed by atoms with E-state index >= 15 is 0 Å². The van der Waals surface area contributed by atoms with Gasteiger partial charge in [-0.05, 0) is 75.7 Å². The van der Waals surface area contributed by atoms with Gasteiger partial charge in [0, 0.05) is 13.1 Å². The number of fused-ring (bicyclic) bond motifs is 1. The summed E-state index contributed by atoms with van der Waals surface area (Å²) < 4.78 is 16.1. The molecule has 2 aromatic carbocycles. The summed E-state index contributed by atoms with van der Waals surface area (Å²) in [6, 6.07) is 11.3. The Morgan fingerprint density at radius 3 is 2.61 bits per heavy atom. The van der Waals surface area contributed by atoms with E-state index in [0.29, 0.717) is 33.7 Å². The van der Waals surface area contributed by atoms with E-state index in [1.165, 1.54) is 19.8 Å². The molecule has 4 rings (SSSR count). The minimum atomic E-state index is -0.533. The zero-order valence-corrected chi connectivity index (χ0v) is 22.6. The zero-order chi connectivity index (χ0) is 25.8. The van der Waals surface area contributed by atoms with Gasteiger partial charge in [-0.2, -0.15) is 0 Å². The molecule has 1 fully saturated rings. The average molecular weight is 622 g/mol. The SMILES string of the molecule is COC(=O)COc1c(I)cc(/C=C2\SC(=O)N(CC(=O)N3CCc4ccccc4C3)C2=O)cc1OC. The topological polar surface area (TPSA) is 102 Å². The number of carbonyl (C=O) groups excluding carboxylic acids is 4. The highest BCUT2D eigenvalue weighted by Crippen LogP contribution is 2.37. The number of benzene rings is 2. The molecule has 2 aliphatic heterocycles. The first-order valence-corrected chi connectivity index (χ1v) is 12.9. The summed E-state index contributed by atoms with van der Waals surface area (Å²) in [5, 5.41) is -0.489. The maximum absolute atomic E-state index is 13.0. The second kappa shape index (κ2) is 11.3. The van der Waals surface area contributed by atoms with Gasteiger partial charge in [-0.15, -0.1) is 0 Å². The molecule has 0 unspecified atom stereocenters. The van der Waals surface area contributed by atoms with Crippen molar-refractivity contribution < 1.29 is 33.4 Å². The molecule has 0 saturated carbocycles. The summed E-state index contributed by atoms with van der Waals surface area (Å²) in [5.41, 5.74) is 2.89. The van der Waals surface area contributed by atoms with Crippen LogP contribution in [0.1, 0.15) is 16.7 Å². The Bertz CT molecular complexity index is 1260. The summed E-state index contributed by atoms with van der Waals surface area (Å²) in [7, 11) is 2.72. The monoisotopic (exact) mass is 622 g/mol. The Hall–Kier alpha value is -3.06. The molecule has 1 saturated heterocycles. The first-order valence-electron chi connectivity index (χ1n) is 11.0. The smallest absolute Gasteiger partial charge is 0.343 e. The van der Waals surface area contributed by atoms with Crippen molar-refractivity contribution >= 4 is 63.5 Å². The highest BCUT2D eigenvalue weighted by atomic mass is 127. The Labute approximate surface area is 225 Å². The number of thioether (sulfide) groups is 1. The normalized spacial score (nSPS) is 16.2. The van der Waals surface area contributed by atoms with E-state index in [1.807, 2.05) is 46.9 Å². The molecule has 0 atom stereocenters. The van der Waals surface area contributed by atoms with E-state index in [1.54, 1.807) is 23.1 Å². The third-order valence-corrected chi connectivity index (χ3v) is 7.47. The lowest BCUT2D eigenvalue weighted by Gasteiger charge is -2.29. The molecular formula is C25H23IN2O7S. The van der Waals surface area contributed by atoms with Gasteiger partial charge < -0.3 is 19.1 Å². The van der Waals surface area contributed by atoms with Gasteiger partial charge in [0.05, 0.1) is 22.7 Å². The number of esters is 1. The highest BCUT2D eigenvalue weighted by molar-refractivity contribution is 14.1. The van der Waals surface area contributed by atoms with Crippen LogP contribution in [0.2, 0.25) is 0 Å². The van der Waals surface area contributed by atoms with Crippen LogP contribution in [0.5, 0.6) is 11.5 Å². The van der Waals surface area contributed by atoms with Crippen LogP contribution >= 0.6 is 34.4 Å². The van der Waals surface area contributed by atoms with Gasteiger partial charge in [0.1, 0.15) is 6.54 Å². The number of amides is 3. The first kappa shape index (κ1) is 26.0. The summed E-state index contributed by atoms with van der Waals surface area (Å²) in [5.74, 6) is -0.597. The molecule has 3 amide bonds. The molecule has 0 N–H and O–H groups in total. The maximum atomic E-state index is 13.0. The number of carbonyl (C=O) groups is 4. The minimum absolute atomic E-state index is 0.206. The van der Waals surface area contributed by atoms with Crippen LogP contribution in [-0.4, -0.2) is 66.7 Å². The predicted molar refractivity (Wildman–Crippen MR) is 141 cm³/mol. The second-order valence-corrected chi connectivity index (χ2v) is 10.2. The summed E-state index contributed by atoms with van der Waals surface area (Å²) >= 11 is 2.82. The Balaban J connectivity index is 1.47. The molecule has 0 spiro atoms. The zero-order valence-electron chi connectivity index (χ0n) is 19.6. The van der Waals surface area contributed by atoms with E-state index < -0.39 is 17.1 Å². The van der Waals surface area contributed by atoms with Crippen LogP contribution in [0.4, 0.5) is 4.79 Å². The molecule has 188 valence electrons. The van der Waals surface area contributed by atoms with Gasteiger partial charge in [-0.3, -0.25) is 19.3 Å². The van der Waals surface area contributed by atoms with Crippen LogP contribution in [-0.2, 0) is 32.1 Å². The lowest BCUT2D eigenvalue weighted by Crippen LogP contribution is -2.44. The molecule has 0 aliphatic carbocycles. The summed E-state index contributed by atoms with van der Waals surface area (Å²) in [6.07, 6.45) is 2.31. The quantitative estimate of drug-likeness (QED) is 0.263. The number of hydrogen-bond acceptors (Lipinski definition) is 8. The van der Waals surface area contributed by atoms with Gasteiger partial charge in [0.15, 0.2) is 18.1 Å². The first-order chi connectivity index (χ1) is 17.3. The van der Waals surface area contributed by atoms with Crippen molar-refractivity contribution in [1.82, 2.24) is 9.80 Å². The molecular weight excluding hydrogens is 599 g/mol. The molecule has 2 heterocycles. The molecule has 0 bridgehead atoms. The van der Waals surface area contributed by atoms with Gasteiger partial charge in [0.2, 0.25) is 5.91 Å². The van der Waals surface area contributed by atoms with Crippen LogP contribution in [0.15, 0.2) is 41.3 Å². The summed E-state index contributed by atoms with van der Waals surface area (Å²) in [4.78, 5) is 52.8. The fourth-order valence-corrected chi connectivity index (χ4v) is 5.50. The number of imide groups is 1. The van der Waals surface area contributed by atoms with E-state index in [2.05, 4.69) is 4.74 Å². The number of halogens is 1. The molecule has 9 nitrogen and oxygen atoms in total. The lowest BCUT2D eigenvalue weighted by molar-refractivity contribution is -0.143. The summed E-state index contributed by atoms with van der Waals surface area (Å²) in [6.45, 7) is 0.428. The molecule has 2 aromatic rings. The van der Waals surface area contributed by atoms with E-state index in [4.69, 9.17) is 9.47 Å². The van der Waals surface area contributed by atoms with Crippen molar-refractivity contribution in [2.75, 3.05) is 33.9 Å². The van der Waals surface area contributed by atoms with E-state index in [9.17, 15) is 19.2 Å². The number of nitrogens with zero attached hydrogens (tertiary/aromatic N) is 2. The molecule has 0 aromatic heterocycles. The second-order valence-electron chi connectivity index (χ2n) is 8.00. The van der Waals surface area contributed by atoms with Crippen molar-refractivity contribution in [3.8, 4) is 11.5 Å². The fraction of sp³-hybridized carbons (Fsp3) is 0.280. The van der Waals surface area contributed by atoms with Crippen molar-refractivity contribution in [2.24, 2.45) is 0 Å². The average Bonchev–Trinajstić information content (AvgIpc) is 3.14. The fourth-order valence-electron chi connectivity index (χ4n) is 3.88. The third-order valence-electron chi connectivity index (χ3n) is 5.76. The highest BCUT2D eigenvalue weighted by Gasteiger charge is 2.37. The molecule has 0 radical (unpaired) electrons. The lowest BCUT2D eigenvalue weighted by atomic mass is 10.00. The van der Waals surface area contributed by atoms with E-state index in [0.717, 1.165) is 28.6 Å². The number of hydrogen-bond donors (Lipinski definition) is 0. The number of methoxy groups -OCH3 is 2. The van der Waals surface area contributed by atoms with Crippen LogP contribution < -0.4 is 9.47 Å². The van der Waals surface area contributed by atoms with Crippen molar-refractivity contribution in [1.29, 1.82) is 0 Å². The molecule has 11 heteroatoms. The van der Waals surface area contributed by atoms with E-state index in [-0.39, 0.29) is 24.0 Å². The van der Waals surface area contributed by atoms with Crippen molar-refractivity contribution in [3.05, 3.63) is 61.6 Å². The van der Waals surface area contributed by atoms with Crippen LogP contribution in [0.3, 0.4) is 0 Å². The van der Waals surface area contributed by atoms with Crippen molar-refractivity contribution in [2.45, 2.75) is 13.0 Å². The standard InChI is InChI=1S/C25H23IN2O7S/c1-33-19-10-15(9-18(26)23(19)35-14-22(30)34-2)11-20-24(31)28(25(32)36-20)13-21(29)27-8-7-16-5-3-4-6-17(16)12-27/h3-6,9-11H,7-8,12-14H2,1-2H3/b20-11-. The Kier molecular flexibility index (Phi) is 8.19. The molecule has 36 heavy (non-hydrogen) atoms. The predicted octanol–water partition coefficient (Wildman–Crippen LogP) is 3.47. The maximum Gasteiger partial charge on any atom is 0.343 e.